The molecule has 3 nitrogen and oxygen atoms in total. The fourth-order valence-corrected chi connectivity index (χ4v) is 0.881. The lowest BCUT2D eigenvalue weighted by Gasteiger charge is -2.00. The molecule has 0 amide bonds. The zero-order chi connectivity index (χ0) is 11.1. The second-order valence-electron chi connectivity index (χ2n) is 2.65. The smallest absolute Gasteiger partial charge is 0.384 e. The van der Waals surface area contributed by atoms with E-state index < -0.39 is 5.97 Å². The summed E-state index contributed by atoms with van der Waals surface area (Å²) >= 11 is 0. The second-order valence-corrected chi connectivity index (χ2v) is 2.65. The lowest BCUT2D eigenvalue weighted by atomic mass is 10.3. The van der Waals surface area contributed by atoms with Crippen LogP contribution in [-0.2, 0) is 9.53 Å². The molecule has 0 heterocycles. The number of rotatable bonds is 2. The first-order valence-corrected chi connectivity index (χ1v) is 4.28. The summed E-state index contributed by atoms with van der Waals surface area (Å²) in [7, 11) is 1.27. The van der Waals surface area contributed by atoms with E-state index in [-0.39, 0.29) is 5.82 Å². The van der Waals surface area contributed by atoms with Gasteiger partial charge in [0.25, 0.3) is 0 Å². The van der Waals surface area contributed by atoms with Gasteiger partial charge >= 0.3 is 5.97 Å². The minimum atomic E-state index is -0.573. The summed E-state index contributed by atoms with van der Waals surface area (Å²) < 4.78 is 16.8. The summed E-state index contributed by atoms with van der Waals surface area (Å²) in [4.78, 5) is 10.6. The van der Waals surface area contributed by atoms with Crippen molar-refractivity contribution < 1.29 is 13.9 Å². The molecular formula is C11H10FNO2. The van der Waals surface area contributed by atoms with Crippen molar-refractivity contribution in [3.63, 3.8) is 0 Å². The number of methoxy groups -OCH3 is 1. The van der Waals surface area contributed by atoms with Crippen molar-refractivity contribution in [1.29, 1.82) is 0 Å². The maximum atomic E-state index is 12.5. The quantitative estimate of drug-likeness (QED) is 0.452. The van der Waals surface area contributed by atoms with E-state index in [1.165, 1.54) is 19.2 Å². The van der Waals surface area contributed by atoms with Gasteiger partial charge in [0.1, 0.15) is 5.82 Å². The van der Waals surface area contributed by atoms with E-state index in [1.54, 1.807) is 12.1 Å². The topological polar surface area (TPSA) is 38.3 Å². The van der Waals surface area contributed by atoms with Gasteiger partial charge in [-0.15, -0.1) is 0 Å². The van der Waals surface area contributed by atoms with Crippen LogP contribution >= 0.6 is 0 Å². The Morgan fingerprint density at radius 1 is 1.47 bits per heavy atom. The molecule has 0 aliphatic carbocycles. The van der Waals surface area contributed by atoms with Crippen LogP contribution < -0.4 is 5.32 Å². The maximum Gasteiger partial charge on any atom is 0.384 e. The van der Waals surface area contributed by atoms with Gasteiger partial charge in [0.15, 0.2) is 0 Å². The summed E-state index contributed by atoms with van der Waals surface area (Å²) in [6.45, 7) is 0.306. The number of anilines is 1. The molecule has 1 aromatic rings. The molecule has 15 heavy (non-hydrogen) atoms. The Morgan fingerprint density at radius 3 is 2.73 bits per heavy atom. The van der Waals surface area contributed by atoms with E-state index in [0.29, 0.717) is 6.54 Å². The number of nitrogens with one attached hydrogen (secondary N) is 1. The molecule has 4 heteroatoms. The van der Waals surface area contributed by atoms with Gasteiger partial charge in [-0.2, -0.15) is 0 Å². The largest absolute Gasteiger partial charge is 0.459 e. The van der Waals surface area contributed by atoms with E-state index in [9.17, 15) is 9.18 Å². The summed E-state index contributed by atoms with van der Waals surface area (Å²) in [5.41, 5.74) is 0.746. The number of hydrogen-bond donors (Lipinski definition) is 1. The standard InChI is InChI=1S/C11H10FNO2/c1-15-11(14)3-2-8-13-10-6-4-9(12)5-7-10/h4-7,13H,8H2,1H3. The molecule has 0 saturated heterocycles. The molecule has 0 aliphatic heterocycles. The highest BCUT2D eigenvalue weighted by Gasteiger charge is 1.91. The third-order valence-electron chi connectivity index (χ3n) is 1.60. The SMILES string of the molecule is COC(=O)C#CCNc1ccc(F)cc1. The van der Waals surface area contributed by atoms with Crippen LogP contribution in [-0.4, -0.2) is 19.6 Å². The van der Waals surface area contributed by atoms with E-state index >= 15 is 0 Å². The summed E-state index contributed by atoms with van der Waals surface area (Å²) in [6, 6.07) is 5.87. The Bertz CT molecular complexity index is 389. The lowest BCUT2D eigenvalue weighted by Crippen LogP contribution is -2.00. The van der Waals surface area contributed by atoms with E-state index in [1.807, 2.05) is 0 Å². The van der Waals surface area contributed by atoms with Crippen LogP contribution in [0.25, 0.3) is 0 Å². The molecule has 0 spiro atoms. The van der Waals surface area contributed by atoms with Gasteiger partial charge in [-0.3, -0.25) is 0 Å². The summed E-state index contributed by atoms with van der Waals surface area (Å²) in [5.74, 6) is 3.97. The normalized spacial score (nSPS) is 8.67. The Morgan fingerprint density at radius 2 is 2.13 bits per heavy atom. The van der Waals surface area contributed by atoms with Crippen LogP contribution in [0.15, 0.2) is 24.3 Å². The van der Waals surface area contributed by atoms with Crippen LogP contribution in [0.1, 0.15) is 0 Å². The maximum absolute atomic E-state index is 12.5. The average molecular weight is 207 g/mol. The highest BCUT2D eigenvalue weighted by Crippen LogP contribution is 2.06. The molecule has 1 N–H and O–H groups in total. The van der Waals surface area contributed by atoms with Gasteiger partial charge in [-0.25, -0.2) is 9.18 Å². The van der Waals surface area contributed by atoms with Gasteiger partial charge in [-0.1, -0.05) is 5.92 Å². The van der Waals surface area contributed by atoms with Crippen LogP contribution in [0.3, 0.4) is 0 Å². The van der Waals surface area contributed by atoms with Crippen molar-refractivity contribution in [3.8, 4) is 11.8 Å². The molecule has 0 unspecified atom stereocenters. The van der Waals surface area contributed by atoms with Crippen molar-refractivity contribution in [1.82, 2.24) is 0 Å². The average Bonchev–Trinajstić information content (AvgIpc) is 2.26. The van der Waals surface area contributed by atoms with Crippen LogP contribution in [0.4, 0.5) is 10.1 Å². The van der Waals surface area contributed by atoms with E-state index in [2.05, 4.69) is 21.9 Å². The molecule has 0 fully saturated rings. The molecule has 1 rings (SSSR count). The molecular weight excluding hydrogens is 197 g/mol. The second kappa shape index (κ2) is 5.66. The number of esters is 1. The van der Waals surface area contributed by atoms with Crippen molar-refractivity contribution in [2.24, 2.45) is 0 Å². The zero-order valence-corrected chi connectivity index (χ0v) is 8.21. The molecule has 0 aromatic heterocycles. The molecule has 0 bridgehead atoms. The van der Waals surface area contributed by atoms with Gasteiger partial charge in [0.2, 0.25) is 0 Å². The highest BCUT2D eigenvalue weighted by atomic mass is 19.1. The van der Waals surface area contributed by atoms with Gasteiger partial charge in [0.05, 0.1) is 13.7 Å². The van der Waals surface area contributed by atoms with Crippen molar-refractivity contribution >= 4 is 11.7 Å². The van der Waals surface area contributed by atoms with Gasteiger partial charge in [0, 0.05) is 11.6 Å². The van der Waals surface area contributed by atoms with Crippen LogP contribution in [0, 0.1) is 17.7 Å². The zero-order valence-electron chi connectivity index (χ0n) is 8.21. The first kappa shape index (κ1) is 11.1. The summed E-state index contributed by atoms with van der Waals surface area (Å²) in [5, 5.41) is 2.90. The van der Waals surface area contributed by atoms with E-state index in [0.717, 1.165) is 5.69 Å². The number of ether oxygens (including phenoxy) is 1. The molecule has 0 saturated carbocycles. The van der Waals surface area contributed by atoms with Crippen molar-refractivity contribution in [3.05, 3.63) is 30.1 Å². The van der Waals surface area contributed by atoms with Crippen LogP contribution in [0.5, 0.6) is 0 Å². The first-order valence-electron chi connectivity index (χ1n) is 4.28. The number of carbonyl (C=O) groups is 1. The number of hydrogen-bond acceptors (Lipinski definition) is 3. The van der Waals surface area contributed by atoms with Crippen molar-refractivity contribution in [2.75, 3.05) is 19.0 Å². The molecule has 0 radical (unpaired) electrons. The molecule has 0 atom stereocenters. The molecule has 1 aromatic carbocycles. The predicted octanol–water partition coefficient (Wildman–Crippen LogP) is 1.41. The van der Waals surface area contributed by atoms with E-state index in [4.69, 9.17) is 0 Å². The highest BCUT2D eigenvalue weighted by molar-refractivity contribution is 5.88. The Labute approximate surface area is 87.2 Å². The number of benzene rings is 1. The van der Waals surface area contributed by atoms with Gasteiger partial charge in [-0.05, 0) is 24.3 Å². The summed E-state index contributed by atoms with van der Waals surface area (Å²) in [6.07, 6.45) is 0. The minimum Gasteiger partial charge on any atom is -0.459 e. The third kappa shape index (κ3) is 4.14. The Balaban J connectivity index is 2.40. The molecule has 78 valence electrons. The van der Waals surface area contributed by atoms with Crippen molar-refractivity contribution in [2.45, 2.75) is 0 Å². The third-order valence-corrected chi connectivity index (χ3v) is 1.60. The lowest BCUT2D eigenvalue weighted by molar-refractivity contribution is -0.133. The van der Waals surface area contributed by atoms with Gasteiger partial charge < -0.3 is 10.1 Å². The van der Waals surface area contributed by atoms with Crippen LogP contribution in [0.2, 0.25) is 0 Å². The Kier molecular flexibility index (Phi) is 4.17. The fourth-order valence-electron chi connectivity index (χ4n) is 0.881. The minimum absolute atomic E-state index is 0.291. The number of halogens is 1. The molecule has 0 aliphatic rings. The predicted molar refractivity (Wildman–Crippen MR) is 54.7 cm³/mol. The number of carbonyl (C=O) groups excluding carboxylic acids is 1. The Hall–Kier alpha value is -2.02. The monoisotopic (exact) mass is 207 g/mol. The fraction of sp³-hybridized carbons (Fsp3) is 0.182. The first-order chi connectivity index (χ1) is 7.22.